The van der Waals surface area contributed by atoms with E-state index in [-0.39, 0.29) is 13.0 Å². The number of carboxylic acid groups (broad SMARTS) is 1. The van der Waals surface area contributed by atoms with Crippen molar-refractivity contribution in [2.45, 2.75) is 58.8 Å². The van der Waals surface area contributed by atoms with Crippen molar-refractivity contribution in [1.82, 2.24) is 5.32 Å². The Morgan fingerprint density at radius 2 is 2.00 bits per heavy atom. The molecule has 7 nitrogen and oxygen atoms in total. The summed E-state index contributed by atoms with van der Waals surface area (Å²) in [5.74, 6) is 4.10. The van der Waals surface area contributed by atoms with Gasteiger partial charge in [-0.2, -0.15) is 0 Å². The lowest BCUT2D eigenvalue weighted by atomic mass is 9.97. The van der Waals surface area contributed by atoms with Crippen LogP contribution in [0.25, 0.3) is 0 Å². The molecule has 0 unspecified atom stereocenters. The molecule has 1 amide bonds. The number of alkyl carbamates (subject to hydrolysis) is 1. The van der Waals surface area contributed by atoms with Crippen LogP contribution in [0.3, 0.4) is 0 Å². The quantitative estimate of drug-likeness (QED) is 0.658. The van der Waals surface area contributed by atoms with Crippen LogP contribution >= 0.6 is 0 Å². The number of nitrogens with one attached hydrogen (secondary N) is 1. The minimum Gasteiger partial charge on any atom is -0.481 e. The third-order valence-corrected chi connectivity index (χ3v) is 3.27. The zero-order chi connectivity index (χ0) is 18.3. The summed E-state index contributed by atoms with van der Waals surface area (Å²) in [7, 11) is 0. The summed E-state index contributed by atoms with van der Waals surface area (Å²) in [6.07, 6.45) is -0.459. The Kier molecular flexibility index (Phi) is 7.18. The van der Waals surface area contributed by atoms with Gasteiger partial charge in [0.15, 0.2) is 0 Å². The predicted octanol–water partition coefficient (Wildman–Crippen LogP) is 2.30. The highest BCUT2D eigenvalue weighted by Gasteiger charge is 2.22. The highest BCUT2D eigenvalue weighted by molar-refractivity contribution is 5.71. The van der Waals surface area contributed by atoms with Crippen molar-refractivity contribution in [3.8, 4) is 0 Å². The van der Waals surface area contributed by atoms with Gasteiger partial charge in [0.2, 0.25) is 0 Å². The van der Waals surface area contributed by atoms with Crippen molar-refractivity contribution in [1.29, 1.82) is 0 Å². The van der Waals surface area contributed by atoms with E-state index in [2.05, 4.69) is 10.2 Å². The van der Waals surface area contributed by atoms with E-state index in [4.69, 9.17) is 15.7 Å². The van der Waals surface area contributed by atoms with Crippen molar-refractivity contribution in [2.24, 2.45) is 5.90 Å². The summed E-state index contributed by atoms with van der Waals surface area (Å²) in [6.45, 7) is 7.43. The number of amides is 1. The van der Waals surface area contributed by atoms with Crippen LogP contribution in [0.15, 0.2) is 18.2 Å². The van der Waals surface area contributed by atoms with Crippen molar-refractivity contribution >= 4 is 12.1 Å². The Bertz CT molecular complexity index is 581. The van der Waals surface area contributed by atoms with E-state index in [9.17, 15) is 9.59 Å². The molecule has 0 aromatic heterocycles. The van der Waals surface area contributed by atoms with Gasteiger partial charge in [0.1, 0.15) is 5.60 Å². The van der Waals surface area contributed by atoms with Crippen molar-refractivity contribution < 1.29 is 24.3 Å². The summed E-state index contributed by atoms with van der Waals surface area (Å²) in [6, 6.07) is 5.12. The topological polar surface area (TPSA) is 111 Å². The van der Waals surface area contributed by atoms with Crippen LogP contribution in [0.1, 0.15) is 43.9 Å². The first-order valence-corrected chi connectivity index (χ1v) is 7.72. The standard InChI is InChI=1S/C17H26N2O5/c1-11-5-6-12(10-23-18)7-13(11)8-14(9-15(20)21)19-16(22)24-17(2,3)4/h5-7,14H,8-10,18H2,1-4H3,(H,19,22)(H,20,21)/t14-/m0/s1. The molecule has 0 radical (unpaired) electrons. The van der Waals surface area contributed by atoms with Gasteiger partial charge in [0.25, 0.3) is 0 Å². The van der Waals surface area contributed by atoms with Gasteiger partial charge in [-0.1, -0.05) is 18.2 Å². The normalized spacial score (nSPS) is 12.5. The summed E-state index contributed by atoms with van der Waals surface area (Å²) >= 11 is 0. The lowest BCUT2D eigenvalue weighted by Crippen LogP contribution is -2.41. The molecule has 0 aliphatic carbocycles. The molecule has 0 aliphatic rings. The smallest absolute Gasteiger partial charge is 0.407 e. The van der Waals surface area contributed by atoms with Gasteiger partial charge in [-0.3, -0.25) is 9.63 Å². The SMILES string of the molecule is Cc1ccc(CON)cc1C[C@@H](CC(=O)O)NC(=O)OC(C)(C)C. The molecule has 4 N–H and O–H groups in total. The van der Waals surface area contributed by atoms with E-state index in [1.165, 1.54) is 0 Å². The number of aryl methyl sites for hydroxylation is 1. The Balaban J connectivity index is 2.87. The second kappa shape index (κ2) is 8.65. The molecular weight excluding hydrogens is 312 g/mol. The van der Waals surface area contributed by atoms with E-state index in [0.29, 0.717) is 6.42 Å². The molecule has 0 heterocycles. The number of ether oxygens (including phenoxy) is 1. The number of carboxylic acids is 1. The monoisotopic (exact) mass is 338 g/mol. The first-order valence-electron chi connectivity index (χ1n) is 7.72. The molecule has 1 rings (SSSR count). The molecule has 1 aromatic carbocycles. The average molecular weight is 338 g/mol. The van der Waals surface area contributed by atoms with E-state index in [1.807, 2.05) is 25.1 Å². The van der Waals surface area contributed by atoms with Crippen LogP contribution < -0.4 is 11.2 Å². The average Bonchev–Trinajstić information content (AvgIpc) is 2.39. The van der Waals surface area contributed by atoms with Crippen molar-refractivity contribution in [3.63, 3.8) is 0 Å². The summed E-state index contributed by atoms with van der Waals surface area (Å²) in [4.78, 5) is 27.7. The van der Waals surface area contributed by atoms with Crippen LogP contribution in [0.4, 0.5) is 4.79 Å². The predicted molar refractivity (Wildman–Crippen MR) is 89.3 cm³/mol. The fourth-order valence-electron chi connectivity index (χ4n) is 2.26. The molecule has 24 heavy (non-hydrogen) atoms. The number of carbonyl (C=O) groups is 2. The van der Waals surface area contributed by atoms with Gasteiger partial charge in [0, 0.05) is 6.04 Å². The molecule has 0 fully saturated rings. The minimum atomic E-state index is -0.991. The number of hydrogen-bond acceptors (Lipinski definition) is 5. The molecule has 0 aliphatic heterocycles. The van der Waals surface area contributed by atoms with Gasteiger partial charge >= 0.3 is 12.1 Å². The largest absolute Gasteiger partial charge is 0.481 e. The summed E-state index contributed by atoms with van der Waals surface area (Å²) < 4.78 is 5.20. The second-order valence-electron chi connectivity index (χ2n) is 6.72. The van der Waals surface area contributed by atoms with Crippen molar-refractivity contribution in [3.05, 3.63) is 34.9 Å². The van der Waals surface area contributed by atoms with E-state index >= 15 is 0 Å². The molecule has 0 spiro atoms. The first kappa shape index (κ1) is 19.9. The highest BCUT2D eigenvalue weighted by Crippen LogP contribution is 2.16. The third kappa shape index (κ3) is 7.43. The van der Waals surface area contributed by atoms with Gasteiger partial charge in [-0.25, -0.2) is 10.7 Å². The van der Waals surface area contributed by atoms with Gasteiger partial charge in [-0.05, 0) is 50.8 Å². The van der Waals surface area contributed by atoms with E-state index < -0.39 is 23.7 Å². The summed E-state index contributed by atoms with van der Waals surface area (Å²) in [5, 5.41) is 11.7. The van der Waals surface area contributed by atoms with Gasteiger partial charge < -0.3 is 15.2 Å². The van der Waals surface area contributed by atoms with Gasteiger partial charge in [0.05, 0.1) is 13.0 Å². The molecule has 0 saturated heterocycles. The number of hydrogen-bond donors (Lipinski definition) is 3. The van der Waals surface area contributed by atoms with Crippen LogP contribution in [0.5, 0.6) is 0 Å². The van der Waals surface area contributed by atoms with Crippen LogP contribution in [0.2, 0.25) is 0 Å². The lowest BCUT2D eigenvalue weighted by molar-refractivity contribution is -0.137. The Morgan fingerprint density at radius 3 is 2.54 bits per heavy atom. The van der Waals surface area contributed by atoms with Crippen molar-refractivity contribution in [2.75, 3.05) is 0 Å². The number of rotatable bonds is 7. The second-order valence-corrected chi connectivity index (χ2v) is 6.72. The van der Waals surface area contributed by atoms with Gasteiger partial charge in [-0.15, -0.1) is 0 Å². The third-order valence-electron chi connectivity index (χ3n) is 3.27. The number of benzene rings is 1. The van der Waals surface area contributed by atoms with Crippen LogP contribution in [-0.2, 0) is 27.4 Å². The van der Waals surface area contributed by atoms with Crippen LogP contribution in [0, 0.1) is 6.92 Å². The maximum atomic E-state index is 11.9. The lowest BCUT2D eigenvalue weighted by Gasteiger charge is -2.23. The molecular formula is C17H26N2O5. The fourth-order valence-corrected chi connectivity index (χ4v) is 2.26. The zero-order valence-electron chi connectivity index (χ0n) is 14.6. The Hall–Kier alpha value is -2.12. The Morgan fingerprint density at radius 1 is 1.33 bits per heavy atom. The number of nitrogens with two attached hydrogens (primary N) is 1. The molecule has 7 heteroatoms. The molecule has 1 aromatic rings. The minimum absolute atomic E-state index is 0.198. The molecule has 134 valence electrons. The van der Waals surface area contributed by atoms with E-state index in [0.717, 1.165) is 16.7 Å². The highest BCUT2D eigenvalue weighted by atomic mass is 16.6. The maximum absolute atomic E-state index is 11.9. The summed E-state index contributed by atoms with van der Waals surface area (Å²) in [5.41, 5.74) is 2.15. The zero-order valence-corrected chi connectivity index (χ0v) is 14.6. The van der Waals surface area contributed by atoms with Crippen LogP contribution in [-0.4, -0.2) is 28.8 Å². The Labute approximate surface area is 142 Å². The van der Waals surface area contributed by atoms with E-state index in [1.54, 1.807) is 20.8 Å². The maximum Gasteiger partial charge on any atom is 0.407 e. The molecule has 0 saturated carbocycles. The molecule has 1 atom stereocenters. The molecule has 0 bridgehead atoms. The first-order chi connectivity index (χ1) is 11.1. The number of aliphatic carboxylic acids is 1. The fraction of sp³-hybridized carbons (Fsp3) is 0.529. The number of carbonyl (C=O) groups excluding carboxylic acids is 1.